The highest BCUT2D eigenvalue weighted by atomic mass is 35.5. The zero-order chi connectivity index (χ0) is 17.0. The van der Waals surface area contributed by atoms with Crippen molar-refractivity contribution < 1.29 is 27.8 Å². The Kier molecular flexibility index (Phi) is 5.85. The predicted molar refractivity (Wildman–Crippen MR) is 83.3 cm³/mol. The van der Waals surface area contributed by atoms with E-state index in [1.807, 2.05) is 0 Å². The van der Waals surface area contributed by atoms with Crippen LogP contribution >= 0.6 is 11.6 Å². The molecule has 1 saturated heterocycles. The number of sulfonamides is 1. The third-order valence-corrected chi connectivity index (χ3v) is 5.19. The summed E-state index contributed by atoms with van der Waals surface area (Å²) < 4.78 is 37.7. The lowest BCUT2D eigenvalue weighted by atomic mass is 10.1. The molecule has 2 rings (SSSR count). The summed E-state index contributed by atoms with van der Waals surface area (Å²) in [6.07, 6.45) is 0.851. The lowest BCUT2D eigenvalue weighted by Gasteiger charge is -2.16. The summed E-state index contributed by atoms with van der Waals surface area (Å²) in [5.74, 6) is -0.945. The van der Waals surface area contributed by atoms with Crippen molar-refractivity contribution >= 4 is 27.6 Å². The second-order valence-corrected chi connectivity index (χ2v) is 7.43. The molecule has 9 heteroatoms. The van der Waals surface area contributed by atoms with E-state index in [0.717, 1.165) is 6.42 Å². The fraction of sp³-hybridized carbons (Fsp3) is 0.500. The Morgan fingerprint density at radius 2 is 2.30 bits per heavy atom. The number of rotatable bonds is 7. The minimum atomic E-state index is -4.07. The molecule has 2 atom stereocenters. The first kappa shape index (κ1) is 18.0. The van der Waals surface area contributed by atoms with Crippen molar-refractivity contribution in [2.75, 3.05) is 19.8 Å². The van der Waals surface area contributed by atoms with Gasteiger partial charge in [-0.2, -0.15) is 4.72 Å². The molecule has 1 aromatic rings. The Morgan fingerprint density at radius 3 is 2.91 bits per heavy atom. The van der Waals surface area contributed by atoms with E-state index < -0.39 is 22.0 Å². The van der Waals surface area contributed by atoms with Crippen molar-refractivity contribution in [1.82, 2.24) is 4.72 Å². The van der Waals surface area contributed by atoms with E-state index in [1.54, 1.807) is 0 Å². The number of benzene rings is 1. The highest BCUT2D eigenvalue weighted by Gasteiger charge is 2.26. The minimum absolute atomic E-state index is 0.131. The van der Waals surface area contributed by atoms with Crippen molar-refractivity contribution in [2.45, 2.75) is 24.3 Å². The van der Waals surface area contributed by atoms with E-state index in [9.17, 15) is 13.2 Å². The maximum atomic E-state index is 12.4. The number of nitrogens with one attached hydrogen (secondary N) is 1. The van der Waals surface area contributed by atoms with Crippen LogP contribution in [0.1, 0.15) is 13.3 Å². The molecule has 0 radical (unpaired) electrons. The normalized spacial score (nSPS) is 19.5. The van der Waals surface area contributed by atoms with Crippen LogP contribution in [-0.2, 0) is 19.6 Å². The van der Waals surface area contributed by atoms with Gasteiger partial charge in [-0.25, -0.2) is 8.42 Å². The summed E-state index contributed by atoms with van der Waals surface area (Å²) in [7, 11) is -4.07. The fourth-order valence-corrected chi connectivity index (χ4v) is 3.68. The summed E-state index contributed by atoms with van der Waals surface area (Å²) >= 11 is 5.87. The Labute approximate surface area is 139 Å². The summed E-state index contributed by atoms with van der Waals surface area (Å²) in [4.78, 5) is 10.7. The van der Waals surface area contributed by atoms with E-state index >= 15 is 0 Å². The number of carboxylic acid groups (broad SMARTS) is 1. The van der Waals surface area contributed by atoms with Crippen LogP contribution in [0, 0.1) is 5.92 Å². The Balaban J connectivity index is 2.21. The van der Waals surface area contributed by atoms with Crippen molar-refractivity contribution in [2.24, 2.45) is 5.92 Å². The van der Waals surface area contributed by atoms with Gasteiger partial charge in [0.1, 0.15) is 16.7 Å². The van der Waals surface area contributed by atoms with Crippen molar-refractivity contribution in [3.63, 3.8) is 0 Å². The van der Waals surface area contributed by atoms with Crippen molar-refractivity contribution in [3.05, 3.63) is 23.2 Å². The van der Waals surface area contributed by atoms with Crippen LogP contribution in [0.2, 0.25) is 5.02 Å². The lowest BCUT2D eigenvalue weighted by Crippen LogP contribution is -2.38. The van der Waals surface area contributed by atoms with E-state index in [2.05, 4.69) is 4.72 Å². The van der Waals surface area contributed by atoms with Gasteiger partial charge in [-0.3, -0.25) is 4.79 Å². The first-order chi connectivity index (χ1) is 10.8. The van der Waals surface area contributed by atoms with Gasteiger partial charge in [-0.1, -0.05) is 11.6 Å². The lowest BCUT2D eigenvalue weighted by molar-refractivity contribution is -0.138. The average Bonchev–Trinajstić information content (AvgIpc) is 2.98. The molecule has 0 aromatic heterocycles. The van der Waals surface area contributed by atoms with Crippen LogP contribution in [0.3, 0.4) is 0 Å². The van der Waals surface area contributed by atoms with Gasteiger partial charge in [0.15, 0.2) is 0 Å². The standard InChI is InChI=1S/C14H18ClNO6S/c1-9(14(17)18)16-23(19,20)13-6-11(15)2-3-12(13)22-8-10-4-5-21-7-10/h2-3,6,9-10,16H,4-5,7-8H2,1H3,(H,17,18)/t9-,10?/m0/s1. The molecule has 1 fully saturated rings. The molecular formula is C14H18ClNO6S. The van der Waals surface area contributed by atoms with Gasteiger partial charge in [0.2, 0.25) is 10.0 Å². The zero-order valence-electron chi connectivity index (χ0n) is 12.5. The molecule has 7 nitrogen and oxygen atoms in total. The largest absolute Gasteiger partial charge is 0.492 e. The summed E-state index contributed by atoms with van der Waals surface area (Å²) in [5, 5.41) is 9.08. The number of halogens is 1. The van der Waals surface area contributed by atoms with Gasteiger partial charge in [-0.15, -0.1) is 0 Å². The van der Waals surface area contributed by atoms with Gasteiger partial charge in [-0.05, 0) is 31.5 Å². The monoisotopic (exact) mass is 363 g/mol. The zero-order valence-corrected chi connectivity index (χ0v) is 14.1. The molecule has 128 valence electrons. The van der Waals surface area contributed by atoms with Gasteiger partial charge in [0.05, 0.1) is 13.2 Å². The molecule has 23 heavy (non-hydrogen) atoms. The summed E-state index contributed by atoms with van der Waals surface area (Å²) in [6.45, 7) is 2.79. The molecule has 1 aliphatic heterocycles. The summed E-state index contributed by atoms with van der Waals surface area (Å²) in [6, 6.07) is 2.94. The molecule has 1 aliphatic rings. The third kappa shape index (κ3) is 4.81. The Hall–Kier alpha value is -1.35. The Bertz CT molecular complexity index is 672. The Morgan fingerprint density at radius 1 is 1.57 bits per heavy atom. The smallest absolute Gasteiger partial charge is 0.321 e. The van der Waals surface area contributed by atoms with Crippen LogP contribution in [-0.4, -0.2) is 45.4 Å². The van der Waals surface area contributed by atoms with E-state index in [1.165, 1.54) is 25.1 Å². The number of carbonyl (C=O) groups is 1. The molecular weight excluding hydrogens is 346 g/mol. The molecule has 0 bridgehead atoms. The quantitative estimate of drug-likeness (QED) is 0.761. The maximum absolute atomic E-state index is 12.4. The van der Waals surface area contributed by atoms with E-state index in [0.29, 0.717) is 19.8 Å². The van der Waals surface area contributed by atoms with Gasteiger partial charge < -0.3 is 14.6 Å². The summed E-state index contributed by atoms with van der Waals surface area (Å²) in [5.41, 5.74) is 0. The van der Waals surface area contributed by atoms with Crippen LogP contribution in [0.4, 0.5) is 0 Å². The molecule has 1 aromatic carbocycles. The molecule has 2 N–H and O–H groups in total. The average molecular weight is 364 g/mol. The van der Waals surface area contributed by atoms with Gasteiger partial charge >= 0.3 is 5.97 Å². The first-order valence-corrected chi connectivity index (χ1v) is 8.91. The maximum Gasteiger partial charge on any atom is 0.321 e. The second kappa shape index (κ2) is 7.48. The van der Waals surface area contributed by atoms with Gasteiger partial charge in [0.25, 0.3) is 0 Å². The van der Waals surface area contributed by atoms with Crippen LogP contribution < -0.4 is 9.46 Å². The topological polar surface area (TPSA) is 102 Å². The highest BCUT2D eigenvalue weighted by molar-refractivity contribution is 7.89. The molecule has 1 unspecified atom stereocenters. The second-order valence-electron chi connectivity index (χ2n) is 5.31. The molecule has 0 saturated carbocycles. The predicted octanol–water partition coefficient (Wildman–Crippen LogP) is 1.51. The van der Waals surface area contributed by atoms with Gasteiger partial charge in [0, 0.05) is 17.5 Å². The van der Waals surface area contributed by atoms with Crippen LogP contribution in [0.25, 0.3) is 0 Å². The SMILES string of the molecule is C[C@H](NS(=O)(=O)c1cc(Cl)ccc1OCC1CCOC1)C(=O)O. The fourth-order valence-electron chi connectivity index (χ4n) is 2.08. The number of aliphatic carboxylic acids is 1. The number of hydrogen-bond donors (Lipinski definition) is 2. The third-order valence-electron chi connectivity index (χ3n) is 3.40. The molecule has 1 heterocycles. The van der Waals surface area contributed by atoms with E-state index in [-0.39, 0.29) is 21.6 Å². The number of hydrogen-bond acceptors (Lipinski definition) is 5. The van der Waals surface area contributed by atoms with E-state index in [4.69, 9.17) is 26.2 Å². The van der Waals surface area contributed by atoms with Crippen molar-refractivity contribution in [3.8, 4) is 5.75 Å². The molecule has 0 spiro atoms. The molecule has 0 amide bonds. The highest BCUT2D eigenvalue weighted by Crippen LogP contribution is 2.28. The first-order valence-electron chi connectivity index (χ1n) is 7.05. The molecule has 0 aliphatic carbocycles. The number of ether oxygens (including phenoxy) is 2. The van der Waals surface area contributed by atoms with Crippen LogP contribution in [0.15, 0.2) is 23.1 Å². The minimum Gasteiger partial charge on any atom is -0.492 e. The van der Waals surface area contributed by atoms with Crippen LogP contribution in [0.5, 0.6) is 5.75 Å². The number of carboxylic acids is 1. The van der Waals surface area contributed by atoms with Crippen molar-refractivity contribution in [1.29, 1.82) is 0 Å².